The lowest BCUT2D eigenvalue weighted by molar-refractivity contribution is -0.179. The van der Waals surface area contributed by atoms with Gasteiger partial charge < -0.3 is 28.8 Å². The molecule has 252 valence electrons. The van der Waals surface area contributed by atoms with Crippen molar-refractivity contribution in [3.8, 4) is 0 Å². The van der Waals surface area contributed by atoms with Gasteiger partial charge in [-0.15, -0.1) is 11.6 Å². The molecule has 3 N–H and O–H groups in total. The molecule has 2 atom stereocenters. The largest absolute Gasteiger partial charge is 0.539 e. The molecule has 2 radical (unpaired) electrons. The van der Waals surface area contributed by atoms with Gasteiger partial charge in [-0.3, -0.25) is 19.8 Å². The topological polar surface area (TPSA) is 208 Å². The summed E-state index contributed by atoms with van der Waals surface area (Å²) in [6, 6.07) is -2.03. The molecule has 0 bridgehead atoms. The van der Waals surface area contributed by atoms with E-state index in [0.717, 1.165) is 4.90 Å². The van der Waals surface area contributed by atoms with Crippen LogP contribution in [0.1, 0.15) is 68.1 Å². The van der Waals surface area contributed by atoms with E-state index in [1.165, 1.54) is 20.8 Å². The molecule has 0 aromatic carbocycles. The fourth-order valence-electron chi connectivity index (χ4n) is 3.59. The molecule has 1 aromatic rings. The monoisotopic (exact) mass is 702 g/mol. The number of nitrogens with one attached hydrogen (secondary N) is 2. The normalized spacial score (nSPS) is 17.8. The van der Waals surface area contributed by atoms with Crippen LogP contribution in [-0.2, 0) is 38.1 Å². The minimum atomic E-state index is -1.69. The van der Waals surface area contributed by atoms with Crippen LogP contribution in [-0.4, -0.2) is 103 Å². The van der Waals surface area contributed by atoms with Gasteiger partial charge in [0, 0.05) is 23.2 Å². The maximum atomic E-state index is 13.6. The van der Waals surface area contributed by atoms with Crippen molar-refractivity contribution in [2.24, 2.45) is 5.16 Å². The summed E-state index contributed by atoms with van der Waals surface area (Å²) in [5.74, 6) is -4.28. The third-order valence-corrected chi connectivity index (χ3v) is 7.10. The van der Waals surface area contributed by atoms with Crippen LogP contribution in [0.3, 0.4) is 0 Å². The molecular formula is C26H36BClN6O10S2. The average molecular weight is 703 g/mol. The van der Waals surface area contributed by atoms with Crippen molar-refractivity contribution in [1.82, 2.24) is 19.6 Å². The molecule has 46 heavy (non-hydrogen) atoms. The zero-order valence-electron chi connectivity index (χ0n) is 26.8. The van der Waals surface area contributed by atoms with Gasteiger partial charge in [0.05, 0.1) is 6.04 Å². The number of halogens is 1. The smallest absolute Gasteiger partial charge is 0.414 e. The summed E-state index contributed by atoms with van der Waals surface area (Å²) in [5, 5.41) is 8.70. The SMILES string of the molecule is [B]OC(=O)/C(=C(\CCl)CSO)N1C(=O)[C@@H](NC(=O)/C(=N\OC(C)(C)C(=O)OC(C)(C)C)c2nsc(NC(=O)OC(C)(C)C)n2)[C@H]1C. The number of rotatable bonds is 12. The standard InChI is InChI=1S/C26H36BClN6O10S2/c1-12-14(19(36)34(12)16(20(37)43-27)13(10-28)11-45-40)29-18(35)15(32-44-26(8,9)21(38)41-24(2,3)4)17-30-22(46-33-17)31-23(39)42-25(5,6)7/h12,14,40H,10-11H2,1-9H3,(H,29,35)(H,30,31,33,39)/b16-13-,32-15-/t12-,14+/m1/s1. The highest BCUT2D eigenvalue weighted by Gasteiger charge is 2.50. The van der Waals surface area contributed by atoms with Gasteiger partial charge in [0.15, 0.2) is 0 Å². The Bertz CT molecular complexity index is 1410. The van der Waals surface area contributed by atoms with Crippen LogP contribution < -0.4 is 10.6 Å². The number of amides is 3. The van der Waals surface area contributed by atoms with Gasteiger partial charge in [-0.25, -0.2) is 14.4 Å². The number of hydrogen-bond donors (Lipinski definition) is 3. The highest BCUT2D eigenvalue weighted by molar-refractivity contribution is 7.93. The number of esters is 1. The second kappa shape index (κ2) is 15.4. The molecule has 1 fully saturated rings. The number of carbonyl (C=O) groups is 5. The number of aromatic nitrogens is 2. The van der Waals surface area contributed by atoms with E-state index in [0.29, 0.717) is 23.6 Å². The zero-order chi connectivity index (χ0) is 35.2. The lowest BCUT2D eigenvalue weighted by Crippen LogP contribution is -2.70. The molecule has 2 heterocycles. The first kappa shape index (κ1) is 38.8. The first-order valence-corrected chi connectivity index (χ1v) is 15.8. The Morgan fingerprint density at radius 1 is 1.11 bits per heavy atom. The molecule has 0 unspecified atom stereocenters. The van der Waals surface area contributed by atoms with Gasteiger partial charge in [0.2, 0.25) is 22.3 Å². The van der Waals surface area contributed by atoms with Crippen LogP contribution in [0.4, 0.5) is 9.93 Å². The number of alkyl halides is 1. The van der Waals surface area contributed by atoms with E-state index in [4.69, 9.17) is 34.0 Å². The second-order valence-corrected chi connectivity index (χ2v) is 13.8. The van der Waals surface area contributed by atoms with E-state index < -0.39 is 64.4 Å². The summed E-state index contributed by atoms with van der Waals surface area (Å²) in [6.07, 6.45) is -0.829. The first-order chi connectivity index (χ1) is 21.2. The molecule has 1 aliphatic rings. The lowest BCUT2D eigenvalue weighted by Gasteiger charge is -2.46. The van der Waals surface area contributed by atoms with E-state index in [-0.39, 0.29) is 33.9 Å². The van der Waals surface area contributed by atoms with E-state index in [9.17, 15) is 28.5 Å². The Balaban J connectivity index is 2.42. The molecule has 0 saturated carbocycles. The average Bonchev–Trinajstić information content (AvgIpc) is 3.38. The van der Waals surface area contributed by atoms with Crippen molar-refractivity contribution in [2.45, 2.75) is 91.2 Å². The fourth-order valence-corrected chi connectivity index (χ4v) is 4.87. The Hall–Kier alpha value is -3.42. The van der Waals surface area contributed by atoms with Crippen LogP contribution in [0.15, 0.2) is 16.4 Å². The molecule has 1 aromatic heterocycles. The van der Waals surface area contributed by atoms with Gasteiger partial charge in [-0.05, 0) is 79.9 Å². The van der Waals surface area contributed by atoms with Crippen molar-refractivity contribution in [3.05, 3.63) is 17.1 Å². The quantitative estimate of drug-likeness (QED) is 0.0419. The summed E-state index contributed by atoms with van der Waals surface area (Å²) < 4.78 is 28.3. The Morgan fingerprint density at radius 3 is 2.22 bits per heavy atom. The zero-order valence-corrected chi connectivity index (χ0v) is 29.1. The predicted octanol–water partition coefficient (Wildman–Crippen LogP) is 2.77. The van der Waals surface area contributed by atoms with Crippen molar-refractivity contribution in [2.75, 3.05) is 16.9 Å². The number of likely N-dealkylation sites (tertiary alicyclic amines) is 1. The van der Waals surface area contributed by atoms with E-state index in [1.807, 2.05) is 0 Å². The maximum Gasteiger partial charge on any atom is 0.414 e. The molecule has 0 spiro atoms. The maximum absolute atomic E-state index is 13.6. The summed E-state index contributed by atoms with van der Waals surface area (Å²) >= 11 is 7.01. The highest BCUT2D eigenvalue weighted by Crippen LogP contribution is 2.29. The first-order valence-electron chi connectivity index (χ1n) is 13.6. The number of β-lactam (4-membered cyclic amide) rings is 1. The van der Waals surface area contributed by atoms with Crippen molar-refractivity contribution in [3.63, 3.8) is 0 Å². The number of carbonyl (C=O) groups excluding carboxylic acids is 5. The van der Waals surface area contributed by atoms with Crippen LogP contribution in [0.25, 0.3) is 0 Å². The fraction of sp³-hybridized carbons (Fsp3) is 0.615. The van der Waals surface area contributed by atoms with Gasteiger partial charge in [-0.2, -0.15) is 9.36 Å². The third kappa shape index (κ3) is 10.3. The molecule has 20 heteroatoms. The van der Waals surface area contributed by atoms with Gasteiger partial charge >= 0.3 is 26.1 Å². The minimum Gasteiger partial charge on any atom is -0.539 e. The number of hydrogen-bond acceptors (Lipinski definition) is 15. The minimum absolute atomic E-state index is 0.0548. The van der Waals surface area contributed by atoms with Crippen molar-refractivity contribution < 1.29 is 47.5 Å². The molecule has 0 aliphatic carbocycles. The van der Waals surface area contributed by atoms with Gasteiger partial charge in [0.25, 0.3) is 11.8 Å². The van der Waals surface area contributed by atoms with E-state index in [1.54, 1.807) is 41.5 Å². The highest BCUT2D eigenvalue weighted by atomic mass is 35.5. The molecule has 1 saturated heterocycles. The third-order valence-electron chi connectivity index (χ3n) is 5.67. The predicted molar refractivity (Wildman–Crippen MR) is 170 cm³/mol. The van der Waals surface area contributed by atoms with Crippen LogP contribution in [0.5, 0.6) is 0 Å². The number of oxime groups is 1. The van der Waals surface area contributed by atoms with Crippen molar-refractivity contribution in [1.29, 1.82) is 0 Å². The summed E-state index contributed by atoms with van der Waals surface area (Å²) in [4.78, 5) is 74.8. The van der Waals surface area contributed by atoms with Gasteiger partial charge in [-0.1, -0.05) is 5.16 Å². The van der Waals surface area contributed by atoms with E-state index >= 15 is 0 Å². The molecule has 1 aliphatic heterocycles. The van der Waals surface area contributed by atoms with E-state index in [2.05, 4.69) is 29.8 Å². The lowest BCUT2D eigenvalue weighted by atomic mass is 9.94. The second-order valence-electron chi connectivity index (χ2n) is 12.3. The summed E-state index contributed by atoms with van der Waals surface area (Å²) in [7, 11) is 5.06. The Kier molecular flexibility index (Phi) is 13.0. The van der Waals surface area contributed by atoms with Crippen LogP contribution >= 0.6 is 35.2 Å². The number of ether oxygens (including phenoxy) is 2. The molecule has 2 rings (SSSR count). The van der Waals surface area contributed by atoms with Gasteiger partial charge in [0.1, 0.15) is 22.9 Å². The summed E-state index contributed by atoms with van der Waals surface area (Å²) in [5.41, 5.74) is -4.02. The Morgan fingerprint density at radius 2 is 1.72 bits per heavy atom. The Labute approximate surface area is 280 Å². The van der Waals surface area contributed by atoms with Crippen molar-refractivity contribution >= 4 is 83.9 Å². The summed E-state index contributed by atoms with van der Waals surface area (Å²) in [6.45, 7) is 14.2. The molecule has 16 nitrogen and oxygen atoms in total. The molecule has 3 amide bonds. The molecular weight excluding hydrogens is 667 g/mol. The number of nitrogens with zero attached hydrogens (tertiary/aromatic N) is 4. The van der Waals surface area contributed by atoms with Crippen LogP contribution in [0.2, 0.25) is 0 Å². The number of anilines is 1. The van der Waals surface area contributed by atoms with Crippen LogP contribution in [0, 0.1) is 0 Å².